The average Bonchev–Trinajstić information content (AvgIpc) is 2.02. The van der Waals surface area contributed by atoms with Crippen molar-refractivity contribution in [2.75, 3.05) is 0 Å². The van der Waals surface area contributed by atoms with Crippen LogP contribution in [-0.2, 0) is 0 Å². The van der Waals surface area contributed by atoms with Gasteiger partial charge in [0.25, 0.3) is 0 Å². The molecule has 0 heteroatoms. The second-order valence-corrected chi connectivity index (χ2v) is 3.95. The molecular weight excluding hydrogens is 144 g/mol. The van der Waals surface area contributed by atoms with E-state index in [1.165, 1.54) is 38.5 Å². The highest BCUT2D eigenvalue weighted by Crippen LogP contribution is 2.10. The molecule has 0 aliphatic heterocycles. The van der Waals surface area contributed by atoms with Gasteiger partial charge >= 0.3 is 0 Å². The van der Waals surface area contributed by atoms with Crippen LogP contribution in [0.3, 0.4) is 0 Å². The van der Waals surface area contributed by atoms with Gasteiger partial charge in [0.05, 0.1) is 0 Å². The first-order valence-corrected chi connectivity index (χ1v) is 5.38. The molecule has 0 rings (SSSR count). The Morgan fingerprint density at radius 2 is 1.67 bits per heavy atom. The van der Waals surface area contributed by atoms with Crippen LogP contribution in [0.5, 0.6) is 0 Å². The molecule has 0 fully saturated rings. The van der Waals surface area contributed by atoms with Crippen LogP contribution in [0.2, 0.25) is 0 Å². The van der Waals surface area contributed by atoms with Gasteiger partial charge in [-0.05, 0) is 25.7 Å². The molecule has 0 nitrogen and oxygen atoms in total. The number of allylic oxidation sites excluding steroid dienone is 2. The molecule has 0 amide bonds. The largest absolute Gasteiger partial charge is 0.0917 e. The van der Waals surface area contributed by atoms with Gasteiger partial charge in [-0.1, -0.05) is 51.7 Å². The summed E-state index contributed by atoms with van der Waals surface area (Å²) < 4.78 is 0. The molecule has 0 saturated carbocycles. The molecule has 0 unspecified atom stereocenters. The zero-order valence-corrected chi connectivity index (χ0v) is 8.97. The van der Waals surface area contributed by atoms with E-state index < -0.39 is 0 Å². The molecule has 0 spiro atoms. The monoisotopic (exact) mass is 168 g/mol. The number of hydrogen-bond acceptors (Lipinski definition) is 0. The van der Waals surface area contributed by atoms with Crippen LogP contribution >= 0.6 is 0 Å². The van der Waals surface area contributed by atoms with E-state index in [9.17, 15) is 0 Å². The van der Waals surface area contributed by atoms with Gasteiger partial charge in [0.1, 0.15) is 0 Å². The Morgan fingerprint density at radius 1 is 1.00 bits per heavy atom. The third-order valence-electron chi connectivity index (χ3n) is 2.14. The van der Waals surface area contributed by atoms with Gasteiger partial charge in [0.2, 0.25) is 0 Å². The van der Waals surface area contributed by atoms with Crippen LogP contribution in [0, 0.1) is 5.92 Å². The van der Waals surface area contributed by atoms with Crippen LogP contribution < -0.4 is 0 Å². The van der Waals surface area contributed by atoms with Gasteiger partial charge < -0.3 is 0 Å². The van der Waals surface area contributed by atoms with E-state index >= 15 is 0 Å². The molecule has 0 bridgehead atoms. The molecule has 0 aromatic rings. The molecular formula is C12H24. The smallest absolute Gasteiger partial charge is 0.0351 e. The summed E-state index contributed by atoms with van der Waals surface area (Å²) in [6.45, 7) is 6.71. The summed E-state index contributed by atoms with van der Waals surface area (Å²) in [6, 6.07) is 0. The molecule has 0 heterocycles. The van der Waals surface area contributed by atoms with E-state index in [0.29, 0.717) is 0 Å². The van der Waals surface area contributed by atoms with Crippen LogP contribution in [-0.4, -0.2) is 0 Å². The Balaban J connectivity index is 2.91. The van der Waals surface area contributed by atoms with Gasteiger partial charge in [0, 0.05) is 0 Å². The van der Waals surface area contributed by atoms with E-state index in [-0.39, 0.29) is 0 Å². The summed E-state index contributed by atoms with van der Waals surface area (Å²) in [5, 5.41) is 0. The Bertz CT molecular complexity index is 101. The van der Waals surface area contributed by atoms with Crippen molar-refractivity contribution in [3.63, 3.8) is 0 Å². The van der Waals surface area contributed by atoms with Crippen molar-refractivity contribution in [1.29, 1.82) is 0 Å². The highest BCUT2D eigenvalue weighted by atomic mass is 14.0. The minimum Gasteiger partial charge on any atom is -0.0917 e. The molecule has 0 saturated heterocycles. The third kappa shape index (κ3) is 9.74. The van der Waals surface area contributed by atoms with Gasteiger partial charge in [-0.2, -0.15) is 0 Å². The molecule has 12 heavy (non-hydrogen) atoms. The van der Waals surface area contributed by atoms with Crippen molar-refractivity contribution in [2.24, 2.45) is 5.92 Å². The highest BCUT2D eigenvalue weighted by molar-refractivity contribution is 4.76. The van der Waals surface area contributed by atoms with E-state index in [1.54, 1.807) is 0 Å². The predicted molar refractivity (Wildman–Crippen MR) is 57.4 cm³/mol. The lowest BCUT2D eigenvalue weighted by atomic mass is 10.0. The third-order valence-corrected chi connectivity index (χ3v) is 2.14. The minimum atomic E-state index is 0.889. The maximum absolute atomic E-state index is 2.31. The van der Waals surface area contributed by atoms with Crippen molar-refractivity contribution in [3.8, 4) is 0 Å². The topological polar surface area (TPSA) is 0 Å². The second kappa shape index (κ2) is 8.83. The summed E-state index contributed by atoms with van der Waals surface area (Å²) in [4.78, 5) is 0. The summed E-state index contributed by atoms with van der Waals surface area (Å²) in [6.07, 6.45) is 12.7. The lowest BCUT2D eigenvalue weighted by Crippen LogP contribution is -1.86. The van der Waals surface area contributed by atoms with Crippen LogP contribution in [0.15, 0.2) is 12.2 Å². The summed E-state index contributed by atoms with van der Waals surface area (Å²) >= 11 is 0. The maximum atomic E-state index is 2.31. The van der Waals surface area contributed by atoms with Crippen molar-refractivity contribution in [2.45, 2.75) is 59.3 Å². The van der Waals surface area contributed by atoms with E-state index in [0.717, 1.165) is 5.92 Å². The highest BCUT2D eigenvalue weighted by Gasteiger charge is 1.93. The first-order valence-electron chi connectivity index (χ1n) is 5.38. The van der Waals surface area contributed by atoms with Crippen molar-refractivity contribution in [1.82, 2.24) is 0 Å². The summed E-state index contributed by atoms with van der Waals surface area (Å²) in [7, 11) is 0. The van der Waals surface area contributed by atoms with Gasteiger partial charge in [-0.15, -0.1) is 0 Å². The molecule has 0 N–H and O–H groups in total. The van der Waals surface area contributed by atoms with Crippen LogP contribution in [0.25, 0.3) is 0 Å². The fourth-order valence-electron chi connectivity index (χ4n) is 1.33. The minimum absolute atomic E-state index is 0.889. The lowest BCUT2D eigenvalue weighted by Gasteiger charge is -2.02. The van der Waals surface area contributed by atoms with Crippen LogP contribution in [0.4, 0.5) is 0 Å². The Kier molecular flexibility index (Phi) is 8.64. The Morgan fingerprint density at radius 3 is 2.25 bits per heavy atom. The lowest BCUT2D eigenvalue weighted by molar-refractivity contribution is 0.521. The van der Waals surface area contributed by atoms with E-state index in [4.69, 9.17) is 0 Å². The number of rotatable bonds is 7. The fraction of sp³-hybridized carbons (Fsp3) is 0.833. The number of hydrogen-bond donors (Lipinski definition) is 0. The van der Waals surface area contributed by atoms with Crippen molar-refractivity contribution < 1.29 is 0 Å². The first kappa shape index (κ1) is 11.7. The van der Waals surface area contributed by atoms with Gasteiger partial charge in [-0.3, -0.25) is 0 Å². The average molecular weight is 168 g/mol. The van der Waals surface area contributed by atoms with Crippen LogP contribution in [0.1, 0.15) is 59.3 Å². The summed E-state index contributed by atoms with van der Waals surface area (Å²) in [5.74, 6) is 0.889. The number of unbranched alkanes of at least 4 members (excludes halogenated alkanes) is 4. The molecule has 0 radical (unpaired) electrons. The molecule has 0 aliphatic rings. The van der Waals surface area contributed by atoms with Crippen molar-refractivity contribution >= 4 is 0 Å². The molecule has 0 aliphatic carbocycles. The van der Waals surface area contributed by atoms with Gasteiger partial charge in [0.15, 0.2) is 0 Å². The zero-order chi connectivity index (χ0) is 9.23. The van der Waals surface area contributed by atoms with E-state index in [2.05, 4.69) is 32.9 Å². The Labute approximate surface area is 78.1 Å². The second-order valence-electron chi connectivity index (χ2n) is 3.95. The fourth-order valence-corrected chi connectivity index (χ4v) is 1.33. The molecule has 0 aromatic heterocycles. The Hall–Kier alpha value is -0.260. The summed E-state index contributed by atoms with van der Waals surface area (Å²) in [5.41, 5.74) is 0. The SMILES string of the molecule is C/C=C/CCCCCCC(C)C. The first-order chi connectivity index (χ1) is 5.77. The normalized spacial score (nSPS) is 11.7. The quantitative estimate of drug-likeness (QED) is 0.386. The zero-order valence-electron chi connectivity index (χ0n) is 8.97. The molecule has 72 valence electrons. The standard InChI is InChI=1S/C12H24/c1-4-5-6-7-8-9-10-11-12(2)3/h4-5,12H,6-11H2,1-3H3/b5-4+. The maximum Gasteiger partial charge on any atom is -0.0351 e. The predicted octanol–water partition coefficient (Wildman–Crippen LogP) is 4.56. The molecule has 0 aromatic carbocycles. The van der Waals surface area contributed by atoms with Crippen molar-refractivity contribution in [3.05, 3.63) is 12.2 Å². The molecule has 0 atom stereocenters. The van der Waals surface area contributed by atoms with E-state index in [1.807, 2.05) is 0 Å². The van der Waals surface area contributed by atoms with Gasteiger partial charge in [-0.25, -0.2) is 0 Å².